The van der Waals surface area contributed by atoms with Gasteiger partial charge in [-0.25, -0.2) is 4.98 Å². The fourth-order valence-corrected chi connectivity index (χ4v) is 2.20. The van der Waals surface area contributed by atoms with E-state index in [1.54, 1.807) is 0 Å². The normalized spacial score (nSPS) is 21.3. The first-order valence-electron chi connectivity index (χ1n) is 5.70. The molecule has 1 aliphatic heterocycles. The van der Waals surface area contributed by atoms with Crippen molar-refractivity contribution in [3.05, 3.63) is 17.7 Å². The first-order valence-corrected chi connectivity index (χ1v) is 5.70. The first kappa shape index (κ1) is 9.75. The quantitative estimate of drug-likeness (QED) is 0.704. The standard InChI is InChI=1S/C12H20N2/c1-9(2)6-12-13-7-11-5-4-10(3)8-14(11)12/h7,9-10H,4-6,8H2,1-3H3. The van der Waals surface area contributed by atoms with Gasteiger partial charge in [-0.05, 0) is 24.7 Å². The minimum atomic E-state index is 0.707. The van der Waals surface area contributed by atoms with Crippen LogP contribution in [0.25, 0.3) is 0 Å². The second kappa shape index (κ2) is 3.76. The van der Waals surface area contributed by atoms with Gasteiger partial charge in [0.05, 0.1) is 0 Å². The van der Waals surface area contributed by atoms with Crippen LogP contribution in [-0.4, -0.2) is 9.55 Å². The Kier molecular flexibility index (Phi) is 2.62. The molecule has 0 saturated carbocycles. The average molecular weight is 192 g/mol. The Morgan fingerprint density at radius 2 is 2.36 bits per heavy atom. The van der Waals surface area contributed by atoms with Gasteiger partial charge in [0.25, 0.3) is 0 Å². The predicted octanol–water partition coefficient (Wildman–Crippen LogP) is 2.66. The van der Waals surface area contributed by atoms with Crippen molar-refractivity contribution in [2.75, 3.05) is 0 Å². The molecule has 1 atom stereocenters. The fourth-order valence-electron chi connectivity index (χ4n) is 2.20. The lowest BCUT2D eigenvalue weighted by atomic mass is 10.00. The summed E-state index contributed by atoms with van der Waals surface area (Å²) in [5, 5.41) is 0. The highest BCUT2D eigenvalue weighted by Gasteiger charge is 2.18. The van der Waals surface area contributed by atoms with Crippen molar-refractivity contribution in [2.24, 2.45) is 11.8 Å². The number of rotatable bonds is 2. The Labute approximate surface area is 86.3 Å². The summed E-state index contributed by atoms with van der Waals surface area (Å²) in [6, 6.07) is 0. The lowest BCUT2D eigenvalue weighted by Gasteiger charge is -2.22. The molecule has 1 aromatic rings. The zero-order valence-electron chi connectivity index (χ0n) is 9.45. The van der Waals surface area contributed by atoms with Gasteiger partial charge < -0.3 is 4.57 Å². The largest absolute Gasteiger partial charge is 0.332 e. The van der Waals surface area contributed by atoms with Crippen molar-refractivity contribution >= 4 is 0 Å². The van der Waals surface area contributed by atoms with Crippen molar-refractivity contribution in [3.63, 3.8) is 0 Å². The van der Waals surface area contributed by atoms with Crippen molar-refractivity contribution < 1.29 is 0 Å². The zero-order chi connectivity index (χ0) is 10.1. The lowest BCUT2D eigenvalue weighted by molar-refractivity contribution is 0.386. The molecule has 14 heavy (non-hydrogen) atoms. The maximum absolute atomic E-state index is 4.54. The number of fused-ring (bicyclic) bond motifs is 1. The molecule has 78 valence electrons. The van der Waals surface area contributed by atoms with Crippen LogP contribution in [0.1, 0.15) is 38.7 Å². The monoisotopic (exact) mass is 192 g/mol. The molecule has 0 saturated heterocycles. The molecule has 1 aromatic heterocycles. The van der Waals surface area contributed by atoms with E-state index < -0.39 is 0 Å². The highest BCUT2D eigenvalue weighted by Crippen LogP contribution is 2.22. The van der Waals surface area contributed by atoms with Crippen LogP contribution in [0.5, 0.6) is 0 Å². The molecule has 0 fully saturated rings. The summed E-state index contributed by atoms with van der Waals surface area (Å²) in [7, 11) is 0. The Morgan fingerprint density at radius 3 is 3.07 bits per heavy atom. The van der Waals surface area contributed by atoms with Gasteiger partial charge in [0.2, 0.25) is 0 Å². The SMILES string of the molecule is CC(C)Cc1ncc2n1CC(C)CC2. The summed E-state index contributed by atoms with van der Waals surface area (Å²) in [6.07, 6.45) is 5.73. The van der Waals surface area contributed by atoms with Gasteiger partial charge >= 0.3 is 0 Å². The van der Waals surface area contributed by atoms with Crippen molar-refractivity contribution in [3.8, 4) is 0 Å². The van der Waals surface area contributed by atoms with Gasteiger partial charge in [0.15, 0.2) is 0 Å². The number of imidazole rings is 1. The van der Waals surface area contributed by atoms with Crippen molar-refractivity contribution in [1.29, 1.82) is 0 Å². The summed E-state index contributed by atoms with van der Waals surface area (Å²) >= 11 is 0. The highest BCUT2D eigenvalue weighted by molar-refractivity contribution is 5.08. The van der Waals surface area contributed by atoms with E-state index in [9.17, 15) is 0 Å². The van der Waals surface area contributed by atoms with Gasteiger partial charge in [-0.15, -0.1) is 0 Å². The van der Waals surface area contributed by atoms with E-state index in [2.05, 4.69) is 36.5 Å². The molecule has 0 N–H and O–H groups in total. The van der Waals surface area contributed by atoms with E-state index in [0.29, 0.717) is 5.92 Å². The predicted molar refractivity (Wildman–Crippen MR) is 58.3 cm³/mol. The van der Waals surface area contributed by atoms with Gasteiger partial charge in [0, 0.05) is 24.9 Å². The molecule has 1 aliphatic rings. The summed E-state index contributed by atoms with van der Waals surface area (Å²) < 4.78 is 2.44. The minimum absolute atomic E-state index is 0.707. The molecule has 2 heteroatoms. The van der Waals surface area contributed by atoms with Gasteiger partial charge in [-0.3, -0.25) is 0 Å². The van der Waals surface area contributed by atoms with Crippen LogP contribution in [0.2, 0.25) is 0 Å². The molecule has 0 aromatic carbocycles. The summed E-state index contributed by atoms with van der Waals surface area (Å²) in [5.74, 6) is 2.82. The molecular weight excluding hydrogens is 172 g/mol. The molecule has 2 nitrogen and oxygen atoms in total. The third kappa shape index (κ3) is 1.84. The Morgan fingerprint density at radius 1 is 1.57 bits per heavy atom. The smallest absolute Gasteiger partial charge is 0.109 e. The Hall–Kier alpha value is -0.790. The van der Waals surface area contributed by atoms with Gasteiger partial charge in [-0.1, -0.05) is 20.8 Å². The van der Waals surface area contributed by atoms with E-state index in [0.717, 1.165) is 12.3 Å². The average Bonchev–Trinajstić information content (AvgIpc) is 2.47. The Balaban J connectivity index is 2.22. The van der Waals surface area contributed by atoms with Gasteiger partial charge in [0.1, 0.15) is 5.82 Å². The molecule has 0 radical (unpaired) electrons. The molecule has 1 unspecified atom stereocenters. The third-order valence-electron chi connectivity index (χ3n) is 3.00. The molecule has 0 amide bonds. The zero-order valence-corrected chi connectivity index (χ0v) is 9.45. The molecule has 2 rings (SSSR count). The highest BCUT2D eigenvalue weighted by atomic mass is 15.1. The topological polar surface area (TPSA) is 17.8 Å². The lowest BCUT2D eigenvalue weighted by Crippen LogP contribution is -2.20. The van der Waals surface area contributed by atoms with Crippen LogP contribution in [0, 0.1) is 11.8 Å². The summed E-state index contributed by atoms with van der Waals surface area (Å²) in [6.45, 7) is 8.03. The van der Waals surface area contributed by atoms with Crippen LogP contribution in [0.15, 0.2) is 6.20 Å². The van der Waals surface area contributed by atoms with E-state index in [1.165, 1.54) is 30.9 Å². The van der Waals surface area contributed by atoms with Crippen LogP contribution >= 0.6 is 0 Å². The van der Waals surface area contributed by atoms with Crippen LogP contribution in [0.3, 0.4) is 0 Å². The van der Waals surface area contributed by atoms with Crippen LogP contribution in [0.4, 0.5) is 0 Å². The van der Waals surface area contributed by atoms with E-state index in [1.807, 2.05) is 0 Å². The number of nitrogens with zero attached hydrogens (tertiary/aromatic N) is 2. The van der Waals surface area contributed by atoms with E-state index in [4.69, 9.17) is 0 Å². The summed E-state index contributed by atoms with van der Waals surface area (Å²) in [5.41, 5.74) is 1.44. The number of hydrogen-bond acceptors (Lipinski definition) is 1. The number of hydrogen-bond donors (Lipinski definition) is 0. The van der Waals surface area contributed by atoms with E-state index in [-0.39, 0.29) is 0 Å². The molecule has 0 spiro atoms. The van der Waals surface area contributed by atoms with Crippen LogP contribution in [-0.2, 0) is 19.4 Å². The number of aromatic nitrogens is 2. The van der Waals surface area contributed by atoms with E-state index >= 15 is 0 Å². The maximum Gasteiger partial charge on any atom is 0.109 e. The second-order valence-corrected chi connectivity index (χ2v) is 5.02. The van der Waals surface area contributed by atoms with Crippen molar-refractivity contribution in [1.82, 2.24) is 9.55 Å². The summed E-state index contributed by atoms with van der Waals surface area (Å²) in [4.78, 5) is 4.54. The maximum atomic E-state index is 4.54. The number of aryl methyl sites for hydroxylation is 1. The fraction of sp³-hybridized carbons (Fsp3) is 0.750. The molecule has 0 bridgehead atoms. The molecule has 0 aliphatic carbocycles. The first-order chi connectivity index (χ1) is 6.66. The molecule has 2 heterocycles. The van der Waals surface area contributed by atoms with Gasteiger partial charge in [-0.2, -0.15) is 0 Å². The second-order valence-electron chi connectivity index (χ2n) is 5.02. The Bertz CT molecular complexity index is 312. The van der Waals surface area contributed by atoms with Crippen molar-refractivity contribution in [2.45, 2.75) is 46.6 Å². The van der Waals surface area contributed by atoms with Crippen LogP contribution < -0.4 is 0 Å². The minimum Gasteiger partial charge on any atom is -0.332 e. The molecular formula is C12H20N2. The third-order valence-corrected chi connectivity index (χ3v) is 3.00.